The van der Waals surface area contributed by atoms with E-state index in [9.17, 15) is 0 Å². The van der Waals surface area contributed by atoms with E-state index in [0.717, 1.165) is 35.1 Å². The zero-order valence-electron chi connectivity index (χ0n) is 9.74. The Morgan fingerprint density at radius 1 is 1.13 bits per heavy atom. The molecule has 6 saturated carbocycles. The van der Waals surface area contributed by atoms with Gasteiger partial charge in [0.25, 0.3) is 0 Å². The van der Waals surface area contributed by atoms with E-state index in [0.29, 0.717) is 0 Å². The first-order valence-corrected chi connectivity index (χ1v) is 7.02. The van der Waals surface area contributed by atoms with Crippen molar-refractivity contribution in [3.8, 4) is 0 Å². The predicted molar refractivity (Wildman–Crippen MR) is 59.2 cm³/mol. The number of hydrogen-bond donors (Lipinski definition) is 1. The molecule has 0 amide bonds. The fourth-order valence-corrected chi connectivity index (χ4v) is 7.70. The highest BCUT2D eigenvalue weighted by atomic mass is 15.0. The molecule has 6 bridgehead atoms. The van der Waals surface area contributed by atoms with Gasteiger partial charge in [0.1, 0.15) is 0 Å². The molecule has 0 radical (unpaired) electrons. The Morgan fingerprint density at radius 2 is 2.00 bits per heavy atom. The van der Waals surface area contributed by atoms with Crippen LogP contribution >= 0.6 is 0 Å². The summed E-state index contributed by atoms with van der Waals surface area (Å²) in [4.78, 5) is 0. The second-order valence-corrected chi connectivity index (χ2v) is 7.15. The summed E-state index contributed by atoms with van der Waals surface area (Å²) in [7, 11) is 0. The summed E-state index contributed by atoms with van der Waals surface area (Å²) in [5, 5.41) is 3.86. The van der Waals surface area contributed by atoms with Crippen molar-refractivity contribution in [2.75, 3.05) is 6.54 Å². The van der Waals surface area contributed by atoms with Gasteiger partial charge in [-0.05, 0) is 66.2 Å². The minimum atomic E-state index is 0.730. The molecule has 0 saturated heterocycles. The minimum absolute atomic E-state index is 0.730. The van der Waals surface area contributed by atoms with Gasteiger partial charge >= 0.3 is 0 Å². The van der Waals surface area contributed by atoms with Gasteiger partial charge in [-0.1, -0.05) is 13.8 Å². The summed E-state index contributed by atoms with van der Waals surface area (Å²) in [6.07, 6.45) is 3.24. The molecular weight excluding hydrogens is 182 g/mol. The van der Waals surface area contributed by atoms with Crippen LogP contribution in [0.5, 0.6) is 0 Å². The Balaban J connectivity index is 1.72. The highest BCUT2D eigenvalue weighted by Gasteiger charge is 2.84. The topological polar surface area (TPSA) is 12.0 Å². The van der Waals surface area contributed by atoms with Crippen molar-refractivity contribution < 1.29 is 0 Å². The quantitative estimate of drug-likeness (QED) is 0.725. The largest absolute Gasteiger partial charge is 0.313 e. The molecule has 0 heterocycles. The number of hydrogen-bond acceptors (Lipinski definition) is 1. The van der Waals surface area contributed by atoms with Crippen LogP contribution in [0.2, 0.25) is 0 Å². The molecule has 9 atom stereocenters. The lowest BCUT2D eigenvalue weighted by Crippen LogP contribution is -2.42. The molecule has 82 valence electrons. The van der Waals surface area contributed by atoms with Gasteiger partial charge < -0.3 is 5.32 Å². The van der Waals surface area contributed by atoms with Crippen LogP contribution in [0.15, 0.2) is 0 Å². The fourth-order valence-electron chi connectivity index (χ4n) is 7.70. The molecule has 0 spiro atoms. The molecule has 6 aliphatic carbocycles. The highest BCUT2D eigenvalue weighted by Crippen LogP contribution is 2.86. The first kappa shape index (κ1) is 8.11. The maximum Gasteiger partial charge on any atom is 0.0160 e. The van der Waals surface area contributed by atoms with E-state index in [2.05, 4.69) is 19.2 Å². The Labute approximate surface area is 92.0 Å². The first-order valence-electron chi connectivity index (χ1n) is 7.02. The lowest BCUT2D eigenvalue weighted by Gasteiger charge is -2.40. The molecule has 2 unspecified atom stereocenters. The van der Waals surface area contributed by atoms with Crippen LogP contribution in [0.25, 0.3) is 0 Å². The van der Waals surface area contributed by atoms with Crippen LogP contribution in [0.3, 0.4) is 0 Å². The van der Waals surface area contributed by atoms with E-state index in [4.69, 9.17) is 0 Å². The molecule has 6 aliphatic rings. The van der Waals surface area contributed by atoms with E-state index in [1.54, 1.807) is 12.8 Å². The fraction of sp³-hybridized carbons (Fsp3) is 1.00. The van der Waals surface area contributed by atoms with Crippen molar-refractivity contribution in [3.63, 3.8) is 0 Å². The van der Waals surface area contributed by atoms with E-state index in [1.165, 1.54) is 24.3 Å². The average molecular weight is 203 g/mol. The van der Waals surface area contributed by atoms with Crippen LogP contribution in [-0.4, -0.2) is 12.6 Å². The molecule has 0 aliphatic heterocycles. The monoisotopic (exact) mass is 203 g/mol. The summed E-state index contributed by atoms with van der Waals surface area (Å²) >= 11 is 0. The smallest absolute Gasteiger partial charge is 0.0160 e. The summed E-state index contributed by atoms with van der Waals surface area (Å²) < 4.78 is 0. The maximum absolute atomic E-state index is 3.86. The normalized spacial score (nSPS) is 75.6. The predicted octanol–water partition coefficient (Wildman–Crippen LogP) is 2.13. The zero-order chi connectivity index (χ0) is 9.95. The van der Waals surface area contributed by atoms with Crippen molar-refractivity contribution in [1.29, 1.82) is 0 Å². The summed E-state index contributed by atoms with van der Waals surface area (Å²) in [6.45, 7) is 6.12. The minimum Gasteiger partial charge on any atom is -0.313 e. The third-order valence-corrected chi connectivity index (χ3v) is 7.44. The summed E-state index contributed by atoms with van der Waals surface area (Å²) in [5.74, 6) is 8.06. The van der Waals surface area contributed by atoms with Crippen molar-refractivity contribution in [2.24, 2.45) is 46.8 Å². The van der Waals surface area contributed by atoms with Gasteiger partial charge in [-0.15, -0.1) is 0 Å². The Morgan fingerprint density at radius 3 is 2.73 bits per heavy atom. The van der Waals surface area contributed by atoms with E-state index < -0.39 is 0 Å². The zero-order valence-corrected chi connectivity index (χ0v) is 9.74. The van der Waals surface area contributed by atoms with Crippen LogP contribution in [-0.2, 0) is 0 Å². The van der Waals surface area contributed by atoms with Crippen LogP contribution in [0.1, 0.15) is 26.7 Å². The van der Waals surface area contributed by atoms with Gasteiger partial charge in [-0.2, -0.15) is 0 Å². The lowest BCUT2D eigenvalue weighted by molar-refractivity contribution is 0.0654. The Hall–Kier alpha value is -0.0400. The molecular formula is C14H21N. The second-order valence-electron chi connectivity index (χ2n) is 7.15. The molecule has 6 rings (SSSR count). The van der Waals surface area contributed by atoms with Gasteiger partial charge in [-0.3, -0.25) is 0 Å². The van der Waals surface area contributed by atoms with E-state index in [1.807, 2.05) is 0 Å². The van der Waals surface area contributed by atoms with E-state index in [-0.39, 0.29) is 0 Å². The first-order chi connectivity index (χ1) is 7.28. The lowest BCUT2D eigenvalue weighted by atomic mass is 9.64. The van der Waals surface area contributed by atoms with Crippen LogP contribution in [0.4, 0.5) is 0 Å². The average Bonchev–Trinajstić information content (AvgIpc) is 2.85. The molecule has 6 fully saturated rings. The molecule has 1 N–H and O–H groups in total. The molecule has 15 heavy (non-hydrogen) atoms. The standard InChI is InChI=1S/C14H21N/c1-3-15-13-11-8-4-6-7-5-9(10(6)11)14(13,2)12(7)8/h6-13,15H,3-5H2,1-2H3/t6-,7-,8?,9+,10-,11-,12?,13+,14+/m0/s1. The molecule has 1 nitrogen and oxygen atoms in total. The van der Waals surface area contributed by atoms with Gasteiger partial charge in [-0.25, -0.2) is 0 Å². The summed E-state index contributed by atoms with van der Waals surface area (Å²) in [5.41, 5.74) is 0.730. The van der Waals surface area contributed by atoms with Crippen molar-refractivity contribution in [2.45, 2.75) is 32.7 Å². The maximum atomic E-state index is 3.86. The molecule has 0 aromatic carbocycles. The third kappa shape index (κ3) is 0.537. The molecule has 1 heteroatoms. The third-order valence-electron chi connectivity index (χ3n) is 7.44. The molecule has 0 aromatic heterocycles. The highest BCUT2D eigenvalue weighted by molar-refractivity contribution is 5.33. The van der Waals surface area contributed by atoms with Gasteiger partial charge in [0.15, 0.2) is 0 Å². The number of nitrogens with one attached hydrogen (secondary N) is 1. The van der Waals surface area contributed by atoms with E-state index >= 15 is 0 Å². The van der Waals surface area contributed by atoms with Crippen LogP contribution < -0.4 is 5.32 Å². The Kier molecular flexibility index (Phi) is 1.10. The van der Waals surface area contributed by atoms with Gasteiger partial charge in [0.2, 0.25) is 0 Å². The van der Waals surface area contributed by atoms with Crippen LogP contribution in [0, 0.1) is 46.8 Å². The molecule has 0 aromatic rings. The summed E-state index contributed by atoms with van der Waals surface area (Å²) in [6, 6.07) is 0.907. The second kappa shape index (κ2) is 2.03. The number of rotatable bonds is 2. The Bertz CT molecular complexity index is 351. The SMILES string of the molecule is CCN[C@@H]1[C@H]2C3C[C@@H]4[C@H]2[C@H]2C[C@@H]4C3[C@@]21C. The van der Waals surface area contributed by atoms with Crippen molar-refractivity contribution in [3.05, 3.63) is 0 Å². The van der Waals surface area contributed by atoms with Gasteiger partial charge in [0, 0.05) is 6.04 Å². The van der Waals surface area contributed by atoms with Crippen molar-refractivity contribution >= 4 is 0 Å². The van der Waals surface area contributed by atoms with Gasteiger partial charge in [0.05, 0.1) is 0 Å². The van der Waals surface area contributed by atoms with Crippen molar-refractivity contribution in [1.82, 2.24) is 5.32 Å².